The Balaban J connectivity index is 1.52. The Morgan fingerprint density at radius 2 is 1.73 bits per heavy atom. The van der Waals surface area contributed by atoms with Gasteiger partial charge in [0.1, 0.15) is 12.4 Å². The van der Waals surface area contributed by atoms with Gasteiger partial charge in [-0.3, -0.25) is 9.59 Å². The number of carbonyl (C=O) groups is 2. The largest absolute Gasteiger partial charge is 0.489 e. The van der Waals surface area contributed by atoms with Crippen molar-refractivity contribution in [3.8, 4) is 11.8 Å². The summed E-state index contributed by atoms with van der Waals surface area (Å²) in [5.74, 6) is -0.872. The van der Waals surface area contributed by atoms with E-state index in [1.807, 2.05) is 36.4 Å². The van der Waals surface area contributed by atoms with Crippen LogP contribution in [0.2, 0.25) is 0 Å². The lowest BCUT2D eigenvalue weighted by atomic mass is 10.0. The highest BCUT2D eigenvalue weighted by Gasteiger charge is 2.37. The Bertz CT molecular complexity index is 1330. The number of hydrogen-bond donors (Lipinski definition) is 1. The number of halogens is 3. The van der Waals surface area contributed by atoms with Crippen molar-refractivity contribution in [3.05, 3.63) is 94.5 Å². The summed E-state index contributed by atoms with van der Waals surface area (Å²) in [5, 5.41) is 11.7. The van der Waals surface area contributed by atoms with Gasteiger partial charge in [0.15, 0.2) is 0 Å². The van der Waals surface area contributed by atoms with E-state index >= 15 is 0 Å². The lowest BCUT2D eigenvalue weighted by Gasteiger charge is -2.20. The predicted octanol–water partition coefficient (Wildman–Crippen LogP) is 5.57. The first-order chi connectivity index (χ1) is 17.7. The smallest absolute Gasteiger partial charge is 0.417 e. The van der Waals surface area contributed by atoms with Gasteiger partial charge in [-0.1, -0.05) is 30.3 Å². The molecule has 0 unspecified atom stereocenters. The lowest BCUT2D eigenvalue weighted by molar-refractivity contribution is -0.138. The fourth-order valence-electron chi connectivity index (χ4n) is 4.18. The summed E-state index contributed by atoms with van der Waals surface area (Å²) in [6, 6.07) is 19.2. The Hall–Kier alpha value is -4.32. The highest BCUT2D eigenvalue weighted by Crippen LogP contribution is 2.35. The van der Waals surface area contributed by atoms with Gasteiger partial charge in [0, 0.05) is 24.3 Å². The quantitative estimate of drug-likeness (QED) is 0.453. The molecule has 0 aliphatic carbocycles. The zero-order valence-electron chi connectivity index (χ0n) is 19.8. The molecule has 0 bridgehead atoms. The molecule has 1 aliphatic rings. The number of likely N-dealkylation sites (tertiary alicyclic amines) is 1. The molecule has 190 valence electrons. The van der Waals surface area contributed by atoms with Crippen molar-refractivity contribution in [2.45, 2.75) is 32.0 Å². The lowest BCUT2D eigenvalue weighted by Crippen LogP contribution is -2.30. The molecule has 1 N–H and O–H groups in total. The maximum atomic E-state index is 13.8. The number of carbonyl (C=O) groups excluding carboxylic acids is 2. The first kappa shape index (κ1) is 25.8. The molecule has 2 amide bonds. The molecule has 0 radical (unpaired) electrons. The average Bonchev–Trinajstić information content (AvgIpc) is 3.43. The fraction of sp³-hybridized carbons (Fsp3) is 0.250. The second kappa shape index (κ2) is 11.2. The summed E-state index contributed by atoms with van der Waals surface area (Å²) in [6.45, 7) is 1.08. The minimum atomic E-state index is -4.77. The topological polar surface area (TPSA) is 82.4 Å². The van der Waals surface area contributed by atoms with Crippen molar-refractivity contribution in [2.75, 3.05) is 18.4 Å². The van der Waals surface area contributed by atoms with Crippen molar-refractivity contribution >= 4 is 17.5 Å². The fourth-order valence-corrected chi connectivity index (χ4v) is 4.18. The van der Waals surface area contributed by atoms with E-state index in [1.165, 1.54) is 17.0 Å². The van der Waals surface area contributed by atoms with Gasteiger partial charge in [-0.2, -0.15) is 18.4 Å². The van der Waals surface area contributed by atoms with E-state index in [9.17, 15) is 28.0 Å². The standard InChI is InChI=1S/C28H24F3N3O3/c29-28(30,31)24-16-22(9-10-23(24)27(36)34-12-4-5-13-34)33-26(35)15-21-14-20(17-32)8-11-25(21)37-18-19-6-2-1-3-7-19/h1-3,6-11,14,16H,4-5,12-13,15,18H2,(H,33,35). The zero-order valence-corrected chi connectivity index (χ0v) is 19.8. The number of amides is 2. The van der Waals surface area contributed by atoms with Crippen LogP contribution >= 0.6 is 0 Å². The van der Waals surface area contributed by atoms with E-state index in [1.54, 1.807) is 12.1 Å². The minimum Gasteiger partial charge on any atom is -0.489 e. The molecule has 1 heterocycles. The van der Waals surface area contributed by atoms with E-state index in [0.717, 1.165) is 30.5 Å². The molecule has 1 fully saturated rings. The number of rotatable bonds is 7. The molecule has 3 aromatic rings. The molecule has 0 spiro atoms. The van der Waals surface area contributed by atoms with Crippen LogP contribution in [-0.2, 0) is 24.0 Å². The molecular formula is C28H24F3N3O3. The van der Waals surface area contributed by atoms with Crippen LogP contribution in [0.5, 0.6) is 5.75 Å². The first-order valence-electron chi connectivity index (χ1n) is 11.7. The number of anilines is 1. The monoisotopic (exact) mass is 507 g/mol. The molecule has 37 heavy (non-hydrogen) atoms. The summed E-state index contributed by atoms with van der Waals surface area (Å²) in [4.78, 5) is 26.8. The molecule has 1 saturated heterocycles. The normalized spacial score (nSPS) is 13.2. The van der Waals surface area contributed by atoms with Gasteiger partial charge in [0.25, 0.3) is 5.91 Å². The van der Waals surface area contributed by atoms with E-state index in [0.29, 0.717) is 30.0 Å². The van der Waals surface area contributed by atoms with Crippen LogP contribution in [0.15, 0.2) is 66.7 Å². The van der Waals surface area contributed by atoms with Gasteiger partial charge >= 0.3 is 6.18 Å². The van der Waals surface area contributed by atoms with Gasteiger partial charge in [-0.05, 0) is 54.8 Å². The number of nitrogens with zero attached hydrogens (tertiary/aromatic N) is 2. The van der Waals surface area contributed by atoms with Crippen molar-refractivity contribution in [1.29, 1.82) is 5.26 Å². The Morgan fingerprint density at radius 3 is 2.41 bits per heavy atom. The molecule has 3 aromatic carbocycles. The van der Waals surface area contributed by atoms with Crippen molar-refractivity contribution in [1.82, 2.24) is 4.90 Å². The van der Waals surface area contributed by atoms with Crippen LogP contribution in [0.25, 0.3) is 0 Å². The number of benzene rings is 3. The SMILES string of the molecule is N#Cc1ccc(OCc2ccccc2)c(CC(=O)Nc2ccc(C(=O)N3CCCC3)c(C(F)(F)F)c2)c1. The third-order valence-electron chi connectivity index (χ3n) is 6.01. The number of nitrogens with one attached hydrogen (secondary N) is 1. The van der Waals surface area contributed by atoms with Crippen LogP contribution in [0.3, 0.4) is 0 Å². The third-order valence-corrected chi connectivity index (χ3v) is 6.01. The molecule has 0 aromatic heterocycles. The van der Waals surface area contributed by atoms with E-state index < -0.39 is 29.1 Å². The molecule has 0 saturated carbocycles. The summed E-state index contributed by atoms with van der Waals surface area (Å²) in [5.41, 5.74) is 0.0265. The van der Waals surface area contributed by atoms with Gasteiger partial charge in [0.05, 0.1) is 29.2 Å². The van der Waals surface area contributed by atoms with Gasteiger partial charge in [-0.15, -0.1) is 0 Å². The van der Waals surface area contributed by atoms with Crippen molar-refractivity contribution in [2.24, 2.45) is 0 Å². The Labute approximate surface area is 212 Å². The second-order valence-electron chi connectivity index (χ2n) is 8.69. The highest BCUT2D eigenvalue weighted by atomic mass is 19.4. The summed E-state index contributed by atoms with van der Waals surface area (Å²) < 4.78 is 47.2. The molecular weight excluding hydrogens is 483 g/mol. The van der Waals surface area contributed by atoms with Crippen molar-refractivity contribution in [3.63, 3.8) is 0 Å². The first-order valence-corrected chi connectivity index (χ1v) is 11.7. The Morgan fingerprint density at radius 1 is 1.00 bits per heavy atom. The van der Waals surface area contributed by atoms with Gasteiger partial charge in [0.2, 0.25) is 5.91 Å². The molecule has 1 aliphatic heterocycles. The number of nitriles is 1. The summed E-state index contributed by atoms with van der Waals surface area (Å²) in [6.07, 6.45) is -3.49. The van der Waals surface area contributed by atoms with E-state index in [-0.39, 0.29) is 18.7 Å². The second-order valence-corrected chi connectivity index (χ2v) is 8.69. The average molecular weight is 508 g/mol. The van der Waals surface area contributed by atoms with Gasteiger partial charge in [-0.25, -0.2) is 0 Å². The zero-order chi connectivity index (χ0) is 26.4. The predicted molar refractivity (Wildman–Crippen MR) is 131 cm³/mol. The van der Waals surface area contributed by atoms with Crippen LogP contribution < -0.4 is 10.1 Å². The van der Waals surface area contributed by atoms with Crippen LogP contribution in [-0.4, -0.2) is 29.8 Å². The van der Waals surface area contributed by atoms with Crippen LogP contribution in [0, 0.1) is 11.3 Å². The highest BCUT2D eigenvalue weighted by molar-refractivity contribution is 5.98. The number of ether oxygens (including phenoxy) is 1. The number of hydrogen-bond acceptors (Lipinski definition) is 4. The number of alkyl halides is 3. The van der Waals surface area contributed by atoms with Crippen LogP contribution in [0.4, 0.5) is 18.9 Å². The molecule has 4 rings (SSSR count). The van der Waals surface area contributed by atoms with Crippen LogP contribution in [0.1, 0.15) is 45.5 Å². The van der Waals surface area contributed by atoms with E-state index in [4.69, 9.17) is 4.74 Å². The van der Waals surface area contributed by atoms with Gasteiger partial charge < -0.3 is 15.0 Å². The molecule has 9 heteroatoms. The van der Waals surface area contributed by atoms with E-state index in [2.05, 4.69) is 5.32 Å². The van der Waals surface area contributed by atoms with Crippen molar-refractivity contribution < 1.29 is 27.5 Å². The molecule has 6 nitrogen and oxygen atoms in total. The minimum absolute atomic E-state index is 0.0847. The third kappa shape index (κ3) is 6.47. The Kier molecular flexibility index (Phi) is 7.77. The maximum Gasteiger partial charge on any atom is 0.417 e. The summed E-state index contributed by atoms with van der Waals surface area (Å²) >= 11 is 0. The maximum absolute atomic E-state index is 13.8. The molecule has 0 atom stereocenters. The summed E-state index contributed by atoms with van der Waals surface area (Å²) in [7, 11) is 0.